The van der Waals surface area contributed by atoms with E-state index in [1.54, 1.807) is 6.92 Å². The predicted molar refractivity (Wildman–Crippen MR) is 73.0 cm³/mol. The van der Waals surface area contributed by atoms with Crippen LogP contribution in [0, 0.1) is 11.3 Å². The molecular formula is C14H28N2O2. The van der Waals surface area contributed by atoms with Crippen LogP contribution in [0.5, 0.6) is 0 Å². The van der Waals surface area contributed by atoms with Gasteiger partial charge in [-0.3, -0.25) is 4.79 Å². The first-order valence-corrected chi connectivity index (χ1v) is 7.06. The Morgan fingerprint density at radius 1 is 1.50 bits per heavy atom. The van der Waals surface area contributed by atoms with Crippen molar-refractivity contribution in [1.82, 2.24) is 5.32 Å². The third kappa shape index (κ3) is 3.69. The molecular weight excluding hydrogens is 228 g/mol. The number of hydrogen-bond acceptors (Lipinski definition) is 3. The molecule has 1 saturated carbocycles. The van der Waals surface area contributed by atoms with Crippen molar-refractivity contribution < 1.29 is 9.90 Å². The molecule has 1 unspecified atom stereocenters. The van der Waals surface area contributed by atoms with Gasteiger partial charge in [0.25, 0.3) is 0 Å². The molecule has 18 heavy (non-hydrogen) atoms. The zero-order valence-electron chi connectivity index (χ0n) is 12.0. The molecule has 0 radical (unpaired) electrons. The molecule has 4 heteroatoms. The van der Waals surface area contributed by atoms with Gasteiger partial charge in [-0.05, 0) is 44.9 Å². The smallest absolute Gasteiger partial charge is 0.227 e. The van der Waals surface area contributed by atoms with E-state index in [0.29, 0.717) is 25.4 Å². The molecule has 1 atom stereocenters. The van der Waals surface area contributed by atoms with Gasteiger partial charge in [-0.1, -0.05) is 13.8 Å². The van der Waals surface area contributed by atoms with Gasteiger partial charge in [-0.15, -0.1) is 0 Å². The molecule has 0 aromatic carbocycles. The lowest BCUT2D eigenvalue weighted by molar-refractivity contribution is -0.134. The molecule has 4 N–H and O–H groups in total. The minimum atomic E-state index is -0.826. The van der Waals surface area contributed by atoms with Crippen LogP contribution in [-0.2, 0) is 4.79 Å². The van der Waals surface area contributed by atoms with Crippen LogP contribution in [0.25, 0.3) is 0 Å². The normalized spacial score (nSPS) is 31.7. The second kappa shape index (κ2) is 6.02. The first kappa shape index (κ1) is 15.4. The topological polar surface area (TPSA) is 75.3 Å². The average Bonchev–Trinajstić information content (AvgIpc) is 2.37. The number of amides is 1. The number of rotatable bonds is 5. The highest BCUT2D eigenvalue weighted by Gasteiger charge is 2.40. The number of carbonyl (C=O) groups is 1. The van der Waals surface area contributed by atoms with Crippen LogP contribution in [0.15, 0.2) is 0 Å². The van der Waals surface area contributed by atoms with E-state index < -0.39 is 11.0 Å². The lowest BCUT2D eigenvalue weighted by Gasteiger charge is -2.37. The summed E-state index contributed by atoms with van der Waals surface area (Å²) in [7, 11) is 0. The van der Waals surface area contributed by atoms with Crippen molar-refractivity contribution in [2.45, 2.75) is 58.5 Å². The van der Waals surface area contributed by atoms with Crippen molar-refractivity contribution in [3.05, 3.63) is 0 Å². The molecule has 0 saturated heterocycles. The molecule has 0 aromatic rings. The molecule has 0 bridgehead atoms. The molecule has 0 heterocycles. The molecule has 1 fully saturated rings. The van der Waals surface area contributed by atoms with Crippen molar-refractivity contribution in [2.24, 2.45) is 17.1 Å². The van der Waals surface area contributed by atoms with E-state index >= 15 is 0 Å². The van der Waals surface area contributed by atoms with Crippen molar-refractivity contribution in [3.8, 4) is 0 Å². The average molecular weight is 256 g/mol. The zero-order valence-corrected chi connectivity index (χ0v) is 12.0. The van der Waals surface area contributed by atoms with Gasteiger partial charge in [0.2, 0.25) is 5.91 Å². The van der Waals surface area contributed by atoms with Gasteiger partial charge >= 0.3 is 0 Å². The zero-order chi connectivity index (χ0) is 13.8. The van der Waals surface area contributed by atoms with Crippen molar-refractivity contribution in [3.63, 3.8) is 0 Å². The minimum Gasteiger partial charge on any atom is -0.388 e. The van der Waals surface area contributed by atoms with Crippen LogP contribution < -0.4 is 11.1 Å². The number of nitrogens with two attached hydrogens (primary N) is 1. The Balaban J connectivity index is 2.57. The maximum absolute atomic E-state index is 12.3. The van der Waals surface area contributed by atoms with E-state index in [1.165, 1.54) is 0 Å². The molecule has 0 aromatic heterocycles. The lowest BCUT2D eigenvalue weighted by Crippen LogP contribution is -2.51. The summed E-state index contributed by atoms with van der Waals surface area (Å²) in [5, 5.41) is 12.8. The van der Waals surface area contributed by atoms with E-state index in [4.69, 9.17) is 5.73 Å². The summed E-state index contributed by atoms with van der Waals surface area (Å²) >= 11 is 0. The third-order valence-electron chi connectivity index (χ3n) is 4.50. The Kier molecular flexibility index (Phi) is 5.17. The first-order valence-electron chi connectivity index (χ1n) is 7.06. The Labute approximate surface area is 110 Å². The maximum atomic E-state index is 12.3. The highest BCUT2D eigenvalue weighted by Crippen LogP contribution is 2.38. The molecule has 1 aliphatic carbocycles. The van der Waals surface area contributed by atoms with Gasteiger partial charge < -0.3 is 16.2 Å². The van der Waals surface area contributed by atoms with Crippen LogP contribution in [0.2, 0.25) is 0 Å². The molecule has 1 amide bonds. The van der Waals surface area contributed by atoms with Crippen molar-refractivity contribution in [2.75, 3.05) is 13.1 Å². The Morgan fingerprint density at radius 3 is 2.50 bits per heavy atom. The quantitative estimate of drug-likeness (QED) is 0.696. The van der Waals surface area contributed by atoms with Crippen LogP contribution in [0.4, 0.5) is 0 Å². The highest BCUT2D eigenvalue weighted by atomic mass is 16.3. The second-order valence-corrected chi connectivity index (χ2v) is 6.20. The lowest BCUT2D eigenvalue weighted by atomic mass is 9.70. The van der Waals surface area contributed by atoms with Crippen LogP contribution >= 0.6 is 0 Å². The minimum absolute atomic E-state index is 0.0191. The van der Waals surface area contributed by atoms with Crippen LogP contribution in [-0.4, -0.2) is 29.7 Å². The third-order valence-corrected chi connectivity index (χ3v) is 4.50. The monoisotopic (exact) mass is 256 g/mol. The molecule has 0 aliphatic heterocycles. The molecule has 4 nitrogen and oxygen atoms in total. The van der Waals surface area contributed by atoms with Gasteiger partial charge in [0, 0.05) is 13.1 Å². The number of nitrogens with one attached hydrogen (secondary N) is 1. The predicted octanol–water partition coefficient (Wildman–Crippen LogP) is 1.42. The van der Waals surface area contributed by atoms with Crippen molar-refractivity contribution >= 4 is 5.91 Å². The molecule has 1 rings (SSSR count). The number of hydrogen-bond donors (Lipinski definition) is 3. The second-order valence-electron chi connectivity index (χ2n) is 6.20. The fraction of sp³-hybridized carbons (Fsp3) is 0.929. The van der Waals surface area contributed by atoms with Crippen molar-refractivity contribution in [1.29, 1.82) is 0 Å². The van der Waals surface area contributed by atoms with Gasteiger partial charge in [0.1, 0.15) is 0 Å². The number of aliphatic hydroxyl groups is 1. The van der Waals surface area contributed by atoms with E-state index in [0.717, 1.165) is 25.7 Å². The Hall–Kier alpha value is -0.610. The van der Waals surface area contributed by atoms with Gasteiger partial charge in [0.15, 0.2) is 0 Å². The highest BCUT2D eigenvalue weighted by molar-refractivity contribution is 5.83. The summed E-state index contributed by atoms with van der Waals surface area (Å²) in [5.41, 5.74) is 4.60. The molecule has 106 valence electrons. The summed E-state index contributed by atoms with van der Waals surface area (Å²) in [5.74, 6) is 0.710. The fourth-order valence-corrected chi connectivity index (χ4v) is 2.42. The molecule has 0 spiro atoms. The van der Waals surface area contributed by atoms with Gasteiger partial charge in [0.05, 0.1) is 11.0 Å². The first-order chi connectivity index (χ1) is 8.35. The largest absolute Gasteiger partial charge is 0.388 e. The Bertz CT molecular complexity index is 282. The van der Waals surface area contributed by atoms with E-state index in [2.05, 4.69) is 12.2 Å². The maximum Gasteiger partial charge on any atom is 0.227 e. The van der Waals surface area contributed by atoms with E-state index in [9.17, 15) is 9.90 Å². The van der Waals surface area contributed by atoms with E-state index in [-0.39, 0.29) is 5.91 Å². The molecule has 1 aliphatic rings. The summed E-state index contributed by atoms with van der Waals surface area (Å²) in [4.78, 5) is 12.3. The standard InChI is InChI=1S/C14H28N2O2/c1-4-13(3,18)10-16-12(17)14(9-15)7-5-11(2)6-8-14/h11,18H,4-10,15H2,1-3H3,(H,16,17). The van der Waals surface area contributed by atoms with Gasteiger partial charge in [-0.25, -0.2) is 0 Å². The van der Waals surface area contributed by atoms with E-state index in [1.807, 2.05) is 6.92 Å². The summed E-state index contributed by atoms with van der Waals surface area (Å²) < 4.78 is 0. The Morgan fingerprint density at radius 2 is 2.06 bits per heavy atom. The van der Waals surface area contributed by atoms with Crippen LogP contribution in [0.3, 0.4) is 0 Å². The SMILES string of the molecule is CCC(C)(O)CNC(=O)C1(CN)CCC(C)CC1. The summed E-state index contributed by atoms with van der Waals surface area (Å²) in [6.45, 7) is 6.58. The van der Waals surface area contributed by atoms with Crippen LogP contribution in [0.1, 0.15) is 52.9 Å². The van der Waals surface area contributed by atoms with Gasteiger partial charge in [-0.2, -0.15) is 0 Å². The summed E-state index contributed by atoms with van der Waals surface area (Å²) in [6.07, 6.45) is 4.49. The fourth-order valence-electron chi connectivity index (χ4n) is 2.42. The summed E-state index contributed by atoms with van der Waals surface area (Å²) in [6, 6.07) is 0. The number of carbonyl (C=O) groups excluding carboxylic acids is 1.